The van der Waals surface area contributed by atoms with Gasteiger partial charge in [0.25, 0.3) is 15.0 Å². The van der Waals surface area contributed by atoms with Gasteiger partial charge in [-0.25, -0.2) is 8.42 Å². The number of hydrogen-bond acceptors (Lipinski definition) is 4. The highest BCUT2D eigenvalue weighted by Gasteiger charge is 2.21. The van der Waals surface area contributed by atoms with E-state index >= 15 is 0 Å². The highest BCUT2D eigenvalue weighted by atomic mass is 35.7. The van der Waals surface area contributed by atoms with Crippen LogP contribution >= 0.6 is 10.7 Å². The van der Waals surface area contributed by atoms with Gasteiger partial charge in [0.05, 0.1) is 7.11 Å². The van der Waals surface area contributed by atoms with Crippen LogP contribution in [0.5, 0.6) is 5.75 Å². The fraction of sp³-hybridized carbons (Fsp3) is 0.500. The van der Waals surface area contributed by atoms with Gasteiger partial charge in [-0.3, -0.25) is 4.79 Å². The van der Waals surface area contributed by atoms with Crippen molar-refractivity contribution < 1.29 is 17.9 Å². The fourth-order valence-corrected chi connectivity index (χ4v) is 3.55. The van der Waals surface area contributed by atoms with Crippen LogP contribution in [0.2, 0.25) is 0 Å². The monoisotopic (exact) mass is 331 g/mol. The van der Waals surface area contributed by atoms with Crippen molar-refractivity contribution in [1.82, 2.24) is 5.32 Å². The van der Waals surface area contributed by atoms with Gasteiger partial charge in [-0.2, -0.15) is 0 Å². The summed E-state index contributed by atoms with van der Waals surface area (Å²) in [5.41, 5.74) is 0.264. The molecule has 1 amide bonds. The van der Waals surface area contributed by atoms with Crippen LogP contribution in [0.15, 0.2) is 23.1 Å². The first-order chi connectivity index (χ1) is 9.91. The molecule has 1 aliphatic rings. The molecule has 0 saturated heterocycles. The van der Waals surface area contributed by atoms with E-state index in [0.29, 0.717) is 0 Å². The molecular weight excluding hydrogens is 314 g/mol. The Morgan fingerprint density at radius 3 is 2.52 bits per heavy atom. The predicted molar refractivity (Wildman–Crippen MR) is 80.4 cm³/mol. The number of hydrogen-bond donors (Lipinski definition) is 1. The van der Waals surface area contributed by atoms with Gasteiger partial charge in [-0.1, -0.05) is 19.3 Å². The molecular formula is C14H18ClNO4S. The molecule has 0 aromatic heterocycles. The van der Waals surface area contributed by atoms with Crippen molar-refractivity contribution in [3.8, 4) is 5.75 Å². The van der Waals surface area contributed by atoms with Crippen molar-refractivity contribution in [3.63, 3.8) is 0 Å². The maximum absolute atomic E-state index is 12.2. The Balaban J connectivity index is 2.21. The van der Waals surface area contributed by atoms with E-state index in [9.17, 15) is 13.2 Å². The van der Waals surface area contributed by atoms with Crippen molar-refractivity contribution in [2.75, 3.05) is 7.11 Å². The van der Waals surface area contributed by atoms with E-state index in [1.54, 1.807) is 0 Å². The summed E-state index contributed by atoms with van der Waals surface area (Å²) >= 11 is 0. The van der Waals surface area contributed by atoms with Crippen LogP contribution in [0.1, 0.15) is 42.5 Å². The molecule has 0 heterocycles. The Labute approximate surface area is 129 Å². The Bertz CT molecular complexity index is 624. The standard InChI is InChI=1S/C14H18ClNO4S/c1-20-12-8-7-10(9-13(12)21(15,18)19)14(17)16-11-5-3-2-4-6-11/h7-9,11H,2-6H2,1H3,(H,16,17). The molecule has 0 radical (unpaired) electrons. The number of methoxy groups -OCH3 is 1. The van der Waals surface area contributed by atoms with Crippen LogP contribution in [-0.2, 0) is 9.05 Å². The Morgan fingerprint density at radius 2 is 1.95 bits per heavy atom. The third-order valence-corrected chi connectivity index (χ3v) is 4.97. The summed E-state index contributed by atoms with van der Waals surface area (Å²) in [6.07, 6.45) is 5.33. The molecule has 7 heteroatoms. The van der Waals surface area contributed by atoms with Crippen LogP contribution < -0.4 is 10.1 Å². The molecule has 2 rings (SSSR count). The summed E-state index contributed by atoms with van der Waals surface area (Å²) in [6, 6.07) is 4.37. The number of halogens is 1. The first-order valence-electron chi connectivity index (χ1n) is 6.85. The van der Waals surface area contributed by atoms with Gasteiger partial charge in [0.15, 0.2) is 0 Å². The Kier molecular flexibility index (Phi) is 5.11. The average Bonchev–Trinajstić information content (AvgIpc) is 2.46. The SMILES string of the molecule is COc1ccc(C(=O)NC2CCCCC2)cc1S(=O)(=O)Cl. The number of benzene rings is 1. The molecule has 0 spiro atoms. The molecule has 0 bridgehead atoms. The van der Waals surface area contributed by atoms with Crippen LogP contribution in [-0.4, -0.2) is 27.5 Å². The van der Waals surface area contributed by atoms with Crippen molar-refractivity contribution in [2.24, 2.45) is 0 Å². The van der Waals surface area contributed by atoms with E-state index in [1.165, 1.54) is 31.7 Å². The minimum absolute atomic E-state index is 0.124. The second-order valence-corrected chi connectivity index (χ2v) is 7.65. The molecule has 116 valence electrons. The van der Waals surface area contributed by atoms with Gasteiger partial charge in [0.2, 0.25) is 0 Å². The molecule has 1 fully saturated rings. The number of ether oxygens (including phenoxy) is 1. The fourth-order valence-electron chi connectivity index (χ4n) is 2.52. The smallest absolute Gasteiger partial charge is 0.265 e. The van der Waals surface area contributed by atoms with E-state index in [2.05, 4.69) is 5.32 Å². The minimum atomic E-state index is -3.97. The van der Waals surface area contributed by atoms with Gasteiger partial charge in [-0.15, -0.1) is 0 Å². The average molecular weight is 332 g/mol. The zero-order valence-corrected chi connectivity index (χ0v) is 13.3. The first-order valence-corrected chi connectivity index (χ1v) is 9.16. The van der Waals surface area contributed by atoms with E-state index in [0.717, 1.165) is 25.7 Å². The lowest BCUT2D eigenvalue weighted by Crippen LogP contribution is -2.36. The van der Waals surface area contributed by atoms with E-state index < -0.39 is 9.05 Å². The van der Waals surface area contributed by atoms with Gasteiger partial charge >= 0.3 is 0 Å². The highest BCUT2D eigenvalue weighted by Crippen LogP contribution is 2.28. The summed E-state index contributed by atoms with van der Waals surface area (Å²) in [4.78, 5) is 12.0. The number of rotatable bonds is 4. The number of carbonyl (C=O) groups excluding carboxylic acids is 1. The summed E-state index contributed by atoms with van der Waals surface area (Å²) < 4.78 is 28.0. The summed E-state index contributed by atoms with van der Waals surface area (Å²) in [6.45, 7) is 0. The lowest BCUT2D eigenvalue weighted by Gasteiger charge is -2.22. The summed E-state index contributed by atoms with van der Waals surface area (Å²) in [7, 11) is 2.75. The van der Waals surface area contributed by atoms with E-state index in [4.69, 9.17) is 15.4 Å². The molecule has 0 aliphatic heterocycles. The number of amides is 1. The number of nitrogens with one attached hydrogen (secondary N) is 1. The number of carbonyl (C=O) groups is 1. The first kappa shape index (κ1) is 16.1. The topological polar surface area (TPSA) is 72.5 Å². The van der Waals surface area contributed by atoms with Gasteiger partial charge < -0.3 is 10.1 Å². The lowest BCUT2D eigenvalue weighted by molar-refractivity contribution is 0.0927. The second kappa shape index (κ2) is 6.66. The molecule has 0 unspecified atom stereocenters. The van der Waals surface area contributed by atoms with Crippen molar-refractivity contribution in [3.05, 3.63) is 23.8 Å². The Morgan fingerprint density at radius 1 is 1.29 bits per heavy atom. The highest BCUT2D eigenvalue weighted by molar-refractivity contribution is 8.13. The molecule has 1 aromatic carbocycles. The van der Waals surface area contributed by atoms with E-state index in [1.807, 2.05) is 0 Å². The maximum atomic E-state index is 12.2. The molecule has 1 aromatic rings. The predicted octanol–water partition coefficient (Wildman–Crippen LogP) is 2.69. The van der Waals surface area contributed by atoms with E-state index in [-0.39, 0.29) is 28.2 Å². The third-order valence-electron chi connectivity index (χ3n) is 3.63. The van der Waals surface area contributed by atoms with Crippen molar-refractivity contribution in [2.45, 2.75) is 43.0 Å². The normalized spacial score (nSPS) is 16.5. The van der Waals surface area contributed by atoms with Crippen molar-refractivity contribution in [1.29, 1.82) is 0 Å². The lowest BCUT2D eigenvalue weighted by atomic mass is 9.95. The zero-order chi connectivity index (χ0) is 15.5. The molecule has 1 aliphatic carbocycles. The second-order valence-electron chi connectivity index (χ2n) is 5.11. The van der Waals surface area contributed by atoms with Gasteiger partial charge in [0.1, 0.15) is 10.6 Å². The summed E-state index contributed by atoms with van der Waals surface area (Å²) in [5, 5.41) is 2.93. The third kappa shape index (κ3) is 4.11. The van der Waals surface area contributed by atoms with Crippen molar-refractivity contribution >= 4 is 25.6 Å². The summed E-state index contributed by atoms with van der Waals surface area (Å²) in [5.74, 6) is -0.162. The van der Waals surface area contributed by atoms with Crippen LogP contribution in [0.3, 0.4) is 0 Å². The molecule has 5 nitrogen and oxygen atoms in total. The van der Waals surface area contributed by atoms with Crippen LogP contribution in [0, 0.1) is 0 Å². The molecule has 0 atom stereocenters. The molecule has 1 N–H and O–H groups in total. The quantitative estimate of drug-likeness (QED) is 0.861. The Hall–Kier alpha value is -1.27. The van der Waals surface area contributed by atoms with Gasteiger partial charge in [-0.05, 0) is 31.0 Å². The molecule has 1 saturated carbocycles. The van der Waals surface area contributed by atoms with Gasteiger partial charge in [0, 0.05) is 22.3 Å². The largest absolute Gasteiger partial charge is 0.495 e. The maximum Gasteiger partial charge on any atom is 0.265 e. The van der Waals surface area contributed by atoms with Crippen LogP contribution in [0.25, 0.3) is 0 Å². The molecule has 21 heavy (non-hydrogen) atoms. The zero-order valence-electron chi connectivity index (χ0n) is 11.8. The minimum Gasteiger partial charge on any atom is -0.495 e. The van der Waals surface area contributed by atoms with Crippen LogP contribution in [0.4, 0.5) is 0 Å².